The molecule has 0 saturated carbocycles. The van der Waals surface area contributed by atoms with Crippen molar-refractivity contribution in [3.05, 3.63) is 65.7 Å². The number of hydrogen-bond acceptors (Lipinski definition) is 3. The van der Waals surface area contributed by atoms with Gasteiger partial charge < -0.3 is 10.0 Å². The standard InChI is InChI=1S/C23H30N2O2/c1-3-24(17-19-7-5-4-6-8-19)23(27)18(2)25-15-13-21(14-16-25)20-9-11-22(26)12-10-20/h4-12,18,21,26H,3,13-17H2,1-2H3. The summed E-state index contributed by atoms with van der Waals surface area (Å²) >= 11 is 0. The van der Waals surface area contributed by atoms with E-state index in [2.05, 4.69) is 17.0 Å². The van der Waals surface area contributed by atoms with Gasteiger partial charge in [0.25, 0.3) is 0 Å². The molecule has 1 saturated heterocycles. The summed E-state index contributed by atoms with van der Waals surface area (Å²) in [5.74, 6) is 1.04. The smallest absolute Gasteiger partial charge is 0.239 e. The van der Waals surface area contributed by atoms with E-state index in [1.165, 1.54) is 11.1 Å². The summed E-state index contributed by atoms with van der Waals surface area (Å²) in [7, 11) is 0. The Bertz CT molecular complexity index is 722. The van der Waals surface area contributed by atoms with Gasteiger partial charge in [-0.2, -0.15) is 0 Å². The van der Waals surface area contributed by atoms with E-state index in [0.29, 0.717) is 18.2 Å². The van der Waals surface area contributed by atoms with Gasteiger partial charge in [-0.05, 0) is 69.0 Å². The highest BCUT2D eigenvalue weighted by molar-refractivity contribution is 5.81. The van der Waals surface area contributed by atoms with Gasteiger partial charge >= 0.3 is 0 Å². The lowest BCUT2D eigenvalue weighted by atomic mass is 9.89. The van der Waals surface area contributed by atoms with Gasteiger partial charge in [0.1, 0.15) is 5.75 Å². The van der Waals surface area contributed by atoms with Crippen LogP contribution in [0.5, 0.6) is 5.75 Å². The van der Waals surface area contributed by atoms with Crippen LogP contribution < -0.4 is 0 Å². The average molecular weight is 367 g/mol. The van der Waals surface area contributed by atoms with Crippen LogP contribution in [0, 0.1) is 0 Å². The molecule has 0 radical (unpaired) electrons. The maximum atomic E-state index is 13.0. The Morgan fingerprint density at radius 2 is 1.74 bits per heavy atom. The quantitative estimate of drug-likeness (QED) is 0.840. The number of phenols is 1. The van der Waals surface area contributed by atoms with Gasteiger partial charge in [-0.15, -0.1) is 0 Å². The summed E-state index contributed by atoms with van der Waals surface area (Å²) in [4.78, 5) is 17.3. The minimum absolute atomic E-state index is 0.0885. The van der Waals surface area contributed by atoms with Gasteiger partial charge in [0, 0.05) is 13.1 Å². The fourth-order valence-electron chi connectivity index (χ4n) is 3.94. The Hall–Kier alpha value is -2.33. The SMILES string of the molecule is CCN(Cc1ccccc1)C(=O)C(C)N1CCC(c2ccc(O)cc2)CC1. The van der Waals surface area contributed by atoms with E-state index >= 15 is 0 Å². The van der Waals surface area contributed by atoms with E-state index < -0.39 is 0 Å². The van der Waals surface area contributed by atoms with Crippen molar-refractivity contribution in [3.8, 4) is 5.75 Å². The van der Waals surface area contributed by atoms with E-state index in [4.69, 9.17) is 0 Å². The number of carbonyl (C=O) groups is 1. The largest absolute Gasteiger partial charge is 0.508 e. The highest BCUT2D eigenvalue weighted by atomic mass is 16.3. The zero-order chi connectivity index (χ0) is 19.2. The molecule has 0 aromatic heterocycles. The van der Waals surface area contributed by atoms with Crippen LogP contribution >= 0.6 is 0 Å². The molecule has 1 unspecified atom stereocenters. The first-order valence-electron chi connectivity index (χ1n) is 9.94. The number of hydrogen-bond donors (Lipinski definition) is 1. The highest BCUT2D eigenvalue weighted by Crippen LogP contribution is 2.30. The van der Waals surface area contributed by atoms with Crippen molar-refractivity contribution in [1.29, 1.82) is 0 Å². The second-order valence-corrected chi connectivity index (χ2v) is 7.42. The number of piperidine rings is 1. The van der Waals surface area contributed by atoms with Crippen LogP contribution in [0.25, 0.3) is 0 Å². The summed E-state index contributed by atoms with van der Waals surface area (Å²) in [6.45, 7) is 7.34. The van der Waals surface area contributed by atoms with Gasteiger partial charge in [-0.3, -0.25) is 9.69 Å². The lowest BCUT2D eigenvalue weighted by Crippen LogP contribution is -2.49. The van der Waals surface area contributed by atoms with E-state index in [0.717, 1.165) is 32.5 Å². The molecule has 1 fully saturated rings. The molecule has 2 aromatic carbocycles. The molecule has 2 aromatic rings. The molecule has 1 N–H and O–H groups in total. The Kier molecular flexibility index (Phi) is 6.51. The van der Waals surface area contributed by atoms with Crippen LogP contribution in [0.3, 0.4) is 0 Å². The number of aromatic hydroxyl groups is 1. The van der Waals surface area contributed by atoms with Crippen molar-refractivity contribution >= 4 is 5.91 Å². The first kappa shape index (κ1) is 19.4. The van der Waals surface area contributed by atoms with Gasteiger partial charge in [0.15, 0.2) is 0 Å². The molecular weight excluding hydrogens is 336 g/mol. The third-order valence-corrected chi connectivity index (χ3v) is 5.71. The number of likely N-dealkylation sites (tertiary alicyclic amines) is 1. The maximum absolute atomic E-state index is 13.0. The predicted octanol–water partition coefficient (Wildman–Crippen LogP) is 4.01. The minimum Gasteiger partial charge on any atom is -0.508 e. The van der Waals surface area contributed by atoms with Gasteiger partial charge in [-0.1, -0.05) is 42.5 Å². The van der Waals surface area contributed by atoms with Crippen LogP contribution in [0.15, 0.2) is 54.6 Å². The number of likely N-dealkylation sites (N-methyl/N-ethyl adjacent to an activating group) is 1. The minimum atomic E-state index is -0.0885. The molecule has 1 aliphatic heterocycles. The first-order valence-corrected chi connectivity index (χ1v) is 9.94. The van der Waals surface area contributed by atoms with Crippen molar-refractivity contribution in [2.24, 2.45) is 0 Å². The molecule has 144 valence electrons. The fourth-order valence-corrected chi connectivity index (χ4v) is 3.94. The number of rotatable bonds is 6. The van der Waals surface area contributed by atoms with Crippen LogP contribution in [-0.2, 0) is 11.3 Å². The van der Waals surface area contributed by atoms with Gasteiger partial charge in [0.05, 0.1) is 6.04 Å². The molecule has 0 aliphatic carbocycles. The Morgan fingerprint density at radius 3 is 2.33 bits per heavy atom. The van der Waals surface area contributed by atoms with Gasteiger partial charge in [0.2, 0.25) is 5.91 Å². The van der Waals surface area contributed by atoms with Crippen molar-refractivity contribution in [1.82, 2.24) is 9.80 Å². The number of phenolic OH excluding ortho intramolecular Hbond substituents is 1. The molecule has 4 nitrogen and oxygen atoms in total. The van der Waals surface area contributed by atoms with Crippen molar-refractivity contribution in [3.63, 3.8) is 0 Å². The lowest BCUT2D eigenvalue weighted by molar-refractivity contribution is -0.137. The Balaban J connectivity index is 1.56. The van der Waals surface area contributed by atoms with E-state index in [1.54, 1.807) is 12.1 Å². The molecule has 0 bridgehead atoms. The van der Waals surface area contributed by atoms with E-state index in [1.807, 2.05) is 49.1 Å². The summed E-state index contributed by atoms with van der Waals surface area (Å²) < 4.78 is 0. The molecule has 4 heteroatoms. The van der Waals surface area contributed by atoms with Crippen LogP contribution in [-0.4, -0.2) is 46.5 Å². The monoisotopic (exact) mass is 366 g/mol. The molecule has 0 spiro atoms. The number of amides is 1. The molecule has 1 amide bonds. The topological polar surface area (TPSA) is 43.8 Å². The average Bonchev–Trinajstić information content (AvgIpc) is 2.72. The van der Waals surface area contributed by atoms with E-state index in [9.17, 15) is 9.90 Å². The molecule has 3 rings (SSSR count). The number of nitrogens with zero attached hydrogens (tertiary/aromatic N) is 2. The van der Waals surface area contributed by atoms with E-state index in [-0.39, 0.29) is 11.9 Å². The number of carbonyl (C=O) groups excluding carboxylic acids is 1. The third kappa shape index (κ3) is 4.89. The molecule has 1 heterocycles. The summed E-state index contributed by atoms with van der Waals surface area (Å²) in [6.07, 6.45) is 2.10. The summed E-state index contributed by atoms with van der Waals surface area (Å²) in [6, 6.07) is 17.7. The number of benzene rings is 2. The maximum Gasteiger partial charge on any atom is 0.239 e. The Labute approximate surface area is 162 Å². The zero-order valence-electron chi connectivity index (χ0n) is 16.3. The molecule has 1 atom stereocenters. The summed E-state index contributed by atoms with van der Waals surface area (Å²) in [5, 5.41) is 9.46. The van der Waals surface area contributed by atoms with Crippen molar-refractivity contribution in [2.45, 2.75) is 45.2 Å². The predicted molar refractivity (Wildman–Crippen MR) is 109 cm³/mol. The normalized spacial score (nSPS) is 16.8. The molecular formula is C23H30N2O2. The molecule has 1 aliphatic rings. The first-order chi connectivity index (χ1) is 13.1. The highest BCUT2D eigenvalue weighted by Gasteiger charge is 2.29. The van der Waals surface area contributed by atoms with Crippen molar-refractivity contribution < 1.29 is 9.90 Å². The second kappa shape index (κ2) is 9.05. The van der Waals surface area contributed by atoms with Crippen LogP contribution in [0.1, 0.15) is 43.7 Å². The Morgan fingerprint density at radius 1 is 1.11 bits per heavy atom. The summed E-state index contributed by atoms with van der Waals surface area (Å²) in [5.41, 5.74) is 2.46. The van der Waals surface area contributed by atoms with Gasteiger partial charge in [-0.25, -0.2) is 0 Å². The fraction of sp³-hybridized carbons (Fsp3) is 0.435. The van der Waals surface area contributed by atoms with Crippen LogP contribution in [0.2, 0.25) is 0 Å². The lowest BCUT2D eigenvalue weighted by Gasteiger charge is -2.37. The zero-order valence-corrected chi connectivity index (χ0v) is 16.3. The van der Waals surface area contributed by atoms with Crippen molar-refractivity contribution in [2.75, 3.05) is 19.6 Å². The third-order valence-electron chi connectivity index (χ3n) is 5.71. The van der Waals surface area contributed by atoms with Crippen LogP contribution in [0.4, 0.5) is 0 Å². The second-order valence-electron chi connectivity index (χ2n) is 7.42. The molecule has 27 heavy (non-hydrogen) atoms.